The maximum Gasteiger partial charge on any atom is 0.137 e. The maximum absolute atomic E-state index is 5.23. The molecule has 4 heteroatoms. The van der Waals surface area contributed by atoms with Crippen LogP contribution in [0.5, 0.6) is 5.75 Å². The Labute approximate surface area is 113 Å². The van der Waals surface area contributed by atoms with Crippen molar-refractivity contribution < 1.29 is 4.74 Å². The fourth-order valence-electron chi connectivity index (χ4n) is 2.02. The molecular weight excluding hydrogens is 238 g/mol. The van der Waals surface area contributed by atoms with E-state index in [9.17, 15) is 0 Å². The summed E-state index contributed by atoms with van der Waals surface area (Å²) in [6.45, 7) is 2.99. The lowest BCUT2D eigenvalue weighted by Gasteiger charge is -2.18. The summed E-state index contributed by atoms with van der Waals surface area (Å²) < 4.78 is 5.23. The monoisotopic (exact) mass is 257 g/mol. The molecule has 0 aliphatic rings. The summed E-state index contributed by atoms with van der Waals surface area (Å²) in [6, 6.07) is 8.19. The van der Waals surface area contributed by atoms with Gasteiger partial charge in [-0.1, -0.05) is 13.0 Å². The topological polar surface area (TPSA) is 47.0 Å². The van der Waals surface area contributed by atoms with Crippen molar-refractivity contribution in [1.82, 2.24) is 15.3 Å². The summed E-state index contributed by atoms with van der Waals surface area (Å²) >= 11 is 0. The number of pyridine rings is 2. The van der Waals surface area contributed by atoms with Gasteiger partial charge in [0.25, 0.3) is 0 Å². The lowest BCUT2D eigenvalue weighted by atomic mass is 10.0. The van der Waals surface area contributed by atoms with Gasteiger partial charge in [-0.05, 0) is 30.3 Å². The summed E-state index contributed by atoms with van der Waals surface area (Å²) in [4.78, 5) is 8.59. The van der Waals surface area contributed by atoms with Crippen molar-refractivity contribution in [3.05, 3.63) is 54.1 Å². The molecule has 0 aliphatic carbocycles. The number of nitrogens with zero attached hydrogens (tertiary/aromatic N) is 2. The van der Waals surface area contributed by atoms with Crippen molar-refractivity contribution in [3.8, 4) is 5.75 Å². The first-order chi connectivity index (χ1) is 9.33. The number of hydrogen-bond donors (Lipinski definition) is 1. The number of methoxy groups -OCH3 is 1. The number of ether oxygens (including phenoxy) is 1. The molecule has 4 nitrogen and oxygen atoms in total. The number of likely N-dealkylation sites (N-methyl/N-ethyl adjacent to an activating group) is 1. The van der Waals surface area contributed by atoms with Crippen molar-refractivity contribution in [2.45, 2.75) is 19.4 Å². The van der Waals surface area contributed by atoms with Crippen molar-refractivity contribution in [2.75, 3.05) is 13.7 Å². The molecular formula is C15H19N3O. The normalized spacial score (nSPS) is 12.1. The van der Waals surface area contributed by atoms with Crippen molar-refractivity contribution >= 4 is 0 Å². The first-order valence-corrected chi connectivity index (χ1v) is 6.45. The Morgan fingerprint density at radius 2 is 2.21 bits per heavy atom. The van der Waals surface area contributed by atoms with Crippen LogP contribution in [0, 0.1) is 0 Å². The summed E-state index contributed by atoms with van der Waals surface area (Å²) in [5.74, 6) is 0.779. The van der Waals surface area contributed by atoms with Crippen LogP contribution in [0.2, 0.25) is 0 Å². The highest BCUT2D eigenvalue weighted by Gasteiger charge is 2.13. The molecule has 19 heavy (non-hydrogen) atoms. The van der Waals surface area contributed by atoms with Crippen LogP contribution in [0.1, 0.15) is 24.2 Å². The van der Waals surface area contributed by atoms with Gasteiger partial charge in [0.05, 0.1) is 13.3 Å². The molecule has 0 bridgehead atoms. The smallest absolute Gasteiger partial charge is 0.137 e. The zero-order valence-corrected chi connectivity index (χ0v) is 11.3. The number of hydrogen-bond acceptors (Lipinski definition) is 4. The summed E-state index contributed by atoms with van der Waals surface area (Å²) in [6.07, 6.45) is 6.25. The van der Waals surface area contributed by atoms with Crippen LogP contribution in [0.3, 0.4) is 0 Å². The molecule has 0 saturated carbocycles. The summed E-state index contributed by atoms with van der Waals surface area (Å²) in [7, 11) is 1.65. The van der Waals surface area contributed by atoms with Crippen LogP contribution in [-0.4, -0.2) is 23.6 Å². The SMILES string of the molecule is CCNC(Cc1ccccn1)c1cncc(OC)c1. The molecule has 2 heterocycles. The highest BCUT2D eigenvalue weighted by molar-refractivity contribution is 5.27. The first-order valence-electron chi connectivity index (χ1n) is 6.45. The van der Waals surface area contributed by atoms with E-state index in [4.69, 9.17) is 4.74 Å². The van der Waals surface area contributed by atoms with Gasteiger partial charge in [-0.2, -0.15) is 0 Å². The average Bonchev–Trinajstić information content (AvgIpc) is 2.48. The van der Waals surface area contributed by atoms with E-state index in [-0.39, 0.29) is 6.04 Å². The fourth-order valence-corrected chi connectivity index (χ4v) is 2.02. The third-order valence-electron chi connectivity index (χ3n) is 2.96. The Balaban J connectivity index is 2.19. The Kier molecular flexibility index (Phi) is 4.86. The van der Waals surface area contributed by atoms with Gasteiger partial charge in [0.1, 0.15) is 5.75 Å². The Hall–Kier alpha value is -1.94. The third-order valence-corrected chi connectivity index (χ3v) is 2.96. The molecule has 0 saturated heterocycles. The Bertz CT molecular complexity index is 502. The highest BCUT2D eigenvalue weighted by atomic mass is 16.5. The minimum Gasteiger partial charge on any atom is -0.495 e. The average molecular weight is 257 g/mol. The van der Waals surface area contributed by atoms with Gasteiger partial charge in [-0.25, -0.2) is 0 Å². The van der Waals surface area contributed by atoms with Gasteiger partial charge in [0.15, 0.2) is 0 Å². The predicted octanol–water partition coefficient (Wildman–Crippen LogP) is 2.38. The fraction of sp³-hybridized carbons (Fsp3) is 0.333. The first kappa shape index (κ1) is 13.5. The minimum absolute atomic E-state index is 0.197. The van der Waals surface area contributed by atoms with E-state index < -0.39 is 0 Å². The van der Waals surface area contributed by atoms with E-state index in [2.05, 4.69) is 22.2 Å². The van der Waals surface area contributed by atoms with E-state index in [1.165, 1.54) is 0 Å². The molecule has 1 atom stereocenters. The van der Waals surface area contributed by atoms with E-state index in [1.807, 2.05) is 36.7 Å². The van der Waals surface area contributed by atoms with E-state index in [0.717, 1.165) is 30.0 Å². The van der Waals surface area contributed by atoms with Crippen LogP contribution in [0.15, 0.2) is 42.9 Å². The molecule has 2 aromatic heterocycles. The summed E-state index contributed by atoms with van der Waals surface area (Å²) in [5.41, 5.74) is 2.18. The van der Waals surface area contributed by atoms with E-state index >= 15 is 0 Å². The molecule has 0 spiro atoms. The zero-order valence-electron chi connectivity index (χ0n) is 11.3. The third kappa shape index (κ3) is 3.76. The molecule has 2 rings (SSSR count). The molecule has 0 fully saturated rings. The molecule has 0 aliphatic heterocycles. The largest absolute Gasteiger partial charge is 0.495 e. The number of aromatic nitrogens is 2. The molecule has 2 aromatic rings. The van der Waals surface area contributed by atoms with Gasteiger partial charge in [-0.3, -0.25) is 9.97 Å². The number of nitrogens with one attached hydrogen (secondary N) is 1. The van der Waals surface area contributed by atoms with Crippen LogP contribution in [0.4, 0.5) is 0 Å². The van der Waals surface area contributed by atoms with Crippen LogP contribution in [0.25, 0.3) is 0 Å². The lowest BCUT2D eigenvalue weighted by molar-refractivity contribution is 0.410. The van der Waals surface area contributed by atoms with Crippen LogP contribution >= 0.6 is 0 Å². The lowest BCUT2D eigenvalue weighted by Crippen LogP contribution is -2.23. The second-order valence-electron chi connectivity index (χ2n) is 4.29. The summed E-state index contributed by atoms with van der Waals surface area (Å²) in [5, 5.41) is 3.46. The van der Waals surface area contributed by atoms with Gasteiger partial charge >= 0.3 is 0 Å². The molecule has 0 radical (unpaired) electrons. The van der Waals surface area contributed by atoms with Crippen LogP contribution in [-0.2, 0) is 6.42 Å². The minimum atomic E-state index is 0.197. The predicted molar refractivity (Wildman–Crippen MR) is 75.1 cm³/mol. The second kappa shape index (κ2) is 6.85. The molecule has 1 N–H and O–H groups in total. The second-order valence-corrected chi connectivity index (χ2v) is 4.29. The van der Waals surface area contributed by atoms with Gasteiger partial charge in [0, 0.05) is 30.6 Å². The highest BCUT2D eigenvalue weighted by Crippen LogP contribution is 2.20. The molecule has 100 valence electrons. The van der Waals surface area contributed by atoms with Crippen molar-refractivity contribution in [2.24, 2.45) is 0 Å². The van der Waals surface area contributed by atoms with Crippen LogP contribution < -0.4 is 10.1 Å². The quantitative estimate of drug-likeness (QED) is 0.863. The zero-order chi connectivity index (χ0) is 13.5. The van der Waals surface area contributed by atoms with E-state index in [1.54, 1.807) is 13.3 Å². The Morgan fingerprint density at radius 3 is 2.89 bits per heavy atom. The molecule has 0 aromatic carbocycles. The standard InChI is InChI=1S/C15H19N3O/c1-3-17-15(9-13-6-4-5-7-18-13)12-8-14(19-2)11-16-10-12/h4-8,10-11,15,17H,3,9H2,1-2H3. The molecule has 1 unspecified atom stereocenters. The molecule has 0 amide bonds. The van der Waals surface area contributed by atoms with Gasteiger partial charge in [-0.15, -0.1) is 0 Å². The number of rotatable bonds is 6. The van der Waals surface area contributed by atoms with Crippen molar-refractivity contribution in [3.63, 3.8) is 0 Å². The van der Waals surface area contributed by atoms with Crippen molar-refractivity contribution in [1.29, 1.82) is 0 Å². The Morgan fingerprint density at radius 1 is 1.32 bits per heavy atom. The maximum atomic E-state index is 5.23. The van der Waals surface area contributed by atoms with E-state index in [0.29, 0.717) is 0 Å². The van der Waals surface area contributed by atoms with Gasteiger partial charge in [0.2, 0.25) is 0 Å². The van der Waals surface area contributed by atoms with Gasteiger partial charge < -0.3 is 10.1 Å².